The lowest BCUT2D eigenvalue weighted by atomic mass is 10.1. The summed E-state index contributed by atoms with van der Waals surface area (Å²) in [7, 11) is 0. The summed E-state index contributed by atoms with van der Waals surface area (Å²) in [5, 5.41) is 8.82. The Morgan fingerprint density at radius 2 is 0.792 bits per heavy atom. The first-order valence-electron chi connectivity index (χ1n) is 17.8. The molecule has 0 aliphatic carbocycles. The van der Waals surface area contributed by atoms with Gasteiger partial charge in [-0.3, -0.25) is 0 Å². The van der Waals surface area contributed by atoms with Crippen molar-refractivity contribution in [3.05, 3.63) is 170 Å². The number of fused-ring (bicyclic) bond motifs is 12. The Balaban J connectivity index is 1.13. The zero-order valence-corrected chi connectivity index (χ0v) is 28.3. The molecular weight excluding hydrogens is 653 g/mol. The fraction of sp³-hybridized carbons (Fsp3) is 0. The van der Waals surface area contributed by atoms with Crippen molar-refractivity contribution >= 4 is 105 Å². The molecule has 0 spiro atoms. The number of hydrogen-bond donors (Lipinski definition) is 0. The molecule has 4 aromatic heterocycles. The number of hydrogen-bond acceptors (Lipinski definition) is 4. The number of para-hydroxylation sites is 7. The van der Waals surface area contributed by atoms with Crippen LogP contribution in [0.3, 0.4) is 0 Å². The monoisotopic (exact) mass is 680 g/mol. The van der Waals surface area contributed by atoms with Crippen LogP contribution in [0.15, 0.2) is 183 Å². The van der Waals surface area contributed by atoms with E-state index in [9.17, 15) is 0 Å². The second kappa shape index (κ2) is 10.6. The lowest BCUT2D eigenvalue weighted by molar-refractivity contribution is 0.664. The molecule has 0 N–H and O–H groups in total. The normalized spacial score (nSPS) is 12.2. The zero-order chi connectivity index (χ0) is 34.6. The molecule has 0 atom stereocenters. The SMILES string of the molecule is c1ccc2c(c1)oc1c(N(c3ccc4c(c3)oc3c(-n5c6ccccc6c6ccccc65)cccc34)c3cccc4c3oc3ccccc34)cccc12. The van der Waals surface area contributed by atoms with Crippen LogP contribution in [0.5, 0.6) is 0 Å². The molecule has 0 unspecified atom stereocenters. The second-order valence-electron chi connectivity index (χ2n) is 13.6. The summed E-state index contributed by atoms with van der Waals surface area (Å²) < 4.78 is 22.6. The molecular formula is C48H28N2O3. The maximum Gasteiger partial charge on any atom is 0.159 e. The van der Waals surface area contributed by atoms with Gasteiger partial charge < -0.3 is 22.7 Å². The molecule has 0 saturated carbocycles. The van der Waals surface area contributed by atoms with E-state index >= 15 is 0 Å². The van der Waals surface area contributed by atoms with E-state index in [2.05, 4.69) is 155 Å². The Kier molecular flexibility index (Phi) is 5.71. The maximum atomic E-state index is 6.94. The van der Waals surface area contributed by atoms with E-state index in [4.69, 9.17) is 13.3 Å². The molecule has 0 amide bonds. The highest BCUT2D eigenvalue weighted by Crippen LogP contribution is 2.47. The lowest BCUT2D eigenvalue weighted by Crippen LogP contribution is -2.10. The van der Waals surface area contributed by atoms with Crippen molar-refractivity contribution in [1.82, 2.24) is 4.57 Å². The van der Waals surface area contributed by atoms with E-state index in [1.807, 2.05) is 24.3 Å². The molecule has 0 aliphatic heterocycles. The molecule has 5 heteroatoms. The standard InChI is InChI=1S/C48H28N2O3/c1-5-19-38-30(12-1)31-13-2-6-20-39(31)50(38)42-23-11-18-37-34-27-26-29(28-45(34)53-48(37)42)49(40-21-9-16-35-32-14-3-7-24-43(32)51-46(35)40)41-22-10-17-36-33-15-4-8-25-44(33)52-47(36)41/h1-28H. The fourth-order valence-corrected chi connectivity index (χ4v) is 8.49. The van der Waals surface area contributed by atoms with Gasteiger partial charge in [0.05, 0.1) is 33.8 Å². The van der Waals surface area contributed by atoms with Gasteiger partial charge in [-0.2, -0.15) is 0 Å². The molecule has 0 aliphatic rings. The third-order valence-electron chi connectivity index (χ3n) is 10.8. The molecule has 4 heterocycles. The Hall–Kier alpha value is -7.24. The van der Waals surface area contributed by atoms with Crippen LogP contribution in [-0.4, -0.2) is 4.57 Å². The van der Waals surface area contributed by atoms with Crippen molar-refractivity contribution in [2.75, 3.05) is 4.90 Å². The van der Waals surface area contributed by atoms with Crippen molar-refractivity contribution in [1.29, 1.82) is 0 Å². The Morgan fingerprint density at radius 3 is 1.40 bits per heavy atom. The van der Waals surface area contributed by atoms with E-state index in [1.165, 1.54) is 10.8 Å². The zero-order valence-electron chi connectivity index (χ0n) is 28.3. The largest absolute Gasteiger partial charge is 0.454 e. The van der Waals surface area contributed by atoms with Crippen molar-refractivity contribution in [2.24, 2.45) is 0 Å². The highest BCUT2D eigenvalue weighted by Gasteiger charge is 2.25. The predicted molar refractivity (Wildman–Crippen MR) is 217 cm³/mol. The minimum absolute atomic E-state index is 0.796. The van der Waals surface area contributed by atoms with Gasteiger partial charge in [0.15, 0.2) is 16.7 Å². The summed E-state index contributed by atoms with van der Waals surface area (Å²) in [6.45, 7) is 0. The van der Waals surface area contributed by atoms with Gasteiger partial charge in [-0.05, 0) is 54.6 Å². The smallest absolute Gasteiger partial charge is 0.159 e. The molecule has 0 fully saturated rings. The molecule has 0 bridgehead atoms. The number of rotatable bonds is 4. The number of furan rings is 3. The quantitative estimate of drug-likeness (QED) is 0.186. The van der Waals surface area contributed by atoms with Gasteiger partial charge in [-0.1, -0.05) is 109 Å². The summed E-state index contributed by atoms with van der Waals surface area (Å²) in [5.41, 5.74) is 11.0. The lowest BCUT2D eigenvalue weighted by Gasteiger charge is -2.25. The van der Waals surface area contributed by atoms with E-state index in [0.29, 0.717) is 0 Å². The van der Waals surface area contributed by atoms with Crippen molar-refractivity contribution in [3.8, 4) is 5.69 Å². The van der Waals surface area contributed by atoms with Crippen molar-refractivity contribution in [2.45, 2.75) is 0 Å². The minimum atomic E-state index is 0.796. The number of benzene rings is 8. The average molecular weight is 681 g/mol. The van der Waals surface area contributed by atoms with Crippen LogP contribution in [0.1, 0.15) is 0 Å². The molecule has 12 aromatic rings. The van der Waals surface area contributed by atoms with Gasteiger partial charge in [0.1, 0.15) is 16.7 Å². The predicted octanol–water partition coefficient (Wildman–Crippen LogP) is 14.0. The highest BCUT2D eigenvalue weighted by atomic mass is 16.3. The Labute approximate surface area is 302 Å². The summed E-state index contributed by atoms with van der Waals surface area (Å²) in [6, 6.07) is 59.2. The number of nitrogens with zero attached hydrogens (tertiary/aromatic N) is 2. The molecule has 8 aromatic carbocycles. The maximum absolute atomic E-state index is 6.94. The van der Waals surface area contributed by atoms with E-state index < -0.39 is 0 Å². The first-order valence-corrected chi connectivity index (χ1v) is 17.8. The Morgan fingerprint density at radius 1 is 0.340 bits per heavy atom. The highest BCUT2D eigenvalue weighted by molar-refractivity contribution is 6.16. The topological polar surface area (TPSA) is 47.6 Å². The van der Waals surface area contributed by atoms with Crippen LogP contribution >= 0.6 is 0 Å². The summed E-state index contributed by atoms with van der Waals surface area (Å²) in [5.74, 6) is 0. The Bertz CT molecular complexity index is 3260. The number of anilines is 3. The molecule has 53 heavy (non-hydrogen) atoms. The van der Waals surface area contributed by atoms with Crippen LogP contribution in [0.25, 0.3) is 93.3 Å². The third-order valence-corrected chi connectivity index (χ3v) is 10.8. The van der Waals surface area contributed by atoms with Crippen LogP contribution in [0.4, 0.5) is 17.1 Å². The van der Waals surface area contributed by atoms with Gasteiger partial charge in [0, 0.05) is 49.2 Å². The summed E-state index contributed by atoms with van der Waals surface area (Å²) in [6.07, 6.45) is 0. The first kappa shape index (κ1) is 28.5. The van der Waals surface area contributed by atoms with Gasteiger partial charge in [-0.15, -0.1) is 0 Å². The second-order valence-corrected chi connectivity index (χ2v) is 13.6. The summed E-state index contributed by atoms with van der Waals surface area (Å²) >= 11 is 0. The van der Waals surface area contributed by atoms with Crippen molar-refractivity contribution in [3.63, 3.8) is 0 Å². The van der Waals surface area contributed by atoms with E-state index in [0.717, 1.165) is 99.6 Å². The van der Waals surface area contributed by atoms with Crippen LogP contribution < -0.4 is 4.90 Å². The molecule has 248 valence electrons. The average Bonchev–Trinajstić information content (AvgIpc) is 3.97. The number of aromatic nitrogens is 1. The fourth-order valence-electron chi connectivity index (χ4n) is 8.49. The van der Waals surface area contributed by atoms with Gasteiger partial charge in [0.2, 0.25) is 0 Å². The van der Waals surface area contributed by atoms with Gasteiger partial charge >= 0.3 is 0 Å². The third kappa shape index (κ3) is 3.96. The van der Waals surface area contributed by atoms with Crippen molar-refractivity contribution < 1.29 is 13.3 Å². The van der Waals surface area contributed by atoms with E-state index in [1.54, 1.807) is 0 Å². The molecule has 0 radical (unpaired) electrons. The molecule has 5 nitrogen and oxygen atoms in total. The minimum Gasteiger partial charge on any atom is -0.454 e. The van der Waals surface area contributed by atoms with Gasteiger partial charge in [0.25, 0.3) is 0 Å². The molecule has 12 rings (SSSR count). The first-order chi connectivity index (χ1) is 26.3. The van der Waals surface area contributed by atoms with E-state index in [-0.39, 0.29) is 0 Å². The summed E-state index contributed by atoms with van der Waals surface area (Å²) in [4.78, 5) is 2.25. The van der Waals surface area contributed by atoms with Crippen LogP contribution in [0, 0.1) is 0 Å². The molecule has 0 saturated heterocycles. The van der Waals surface area contributed by atoms with Gasteiger partial charge in [-0.25, -0.2) is 0 Å². The van der Waals surface area contributed by atoms with Crippen LogP contribution in [-0.2, 0) is 0 Å². The van der Waals surface area contributed by atoms with Crippen LogP contribution in [0.2, 0.25) is 0 Å².